The maximum Gasteiger partial charge on any atom is 0.262 e. The largest absolute Gasteiger partial charge is 0.494 e. The minimum Gasteiger partial charge on any atom is -0.494 e. The highest BCUT2D eigenvalue weighted by atomic mass is 16.5. The molecule has 13 heteroatoms. The van der Waals surface area contributed by atoms with Crippen molar-refractivity contribution in [2.24, 2.45) is 0 Å². The van der Waals surface area contributed by atoms with Gasteiger partial charge in [0.05, 0.1) is 23.8 Å². The summed E-state index contributed by atoms with van der Waals surface area (Å²) in [6, 6.07) is 16.3. The Morgan fingerprint density at radius 2 is 1.61 bits per heavy atom. The number of nitrogens with zero attached hydrogens (tertiary/aromatic N) is 4. The number of imide groups is 2. The summed E-state index contributed by atoms with van der Waals surface area (Å²) in [5, 5.41) is 14.1. The van der Waals surface area contributed by atoms with Crippen molar-refractivity contribution in [1.29, 1.82) is 0 Å². The van der Waals surface area contributed by atoms with E-state index in [0.29, 0.717) is 18.5 Å². The second-order valence-electron chi connectivity index (χ2n) is 15.0. The molecule has 0 radical (unpaired) electrons. The molecule has 4 aliphatic rings. The minimum absolute atomic E-state index is 0.0951. The van der Waals surface area contributed by atoms with Crippen LogP contribution >= 0.6 is 0 Å². The third-order valence-electron chi connectivity index (χ3n) is 11.2. The number of ether oxygens (including phenoxy) is 2. The lowest BCUT2D eigenvalue weighted by Crippen LogP contribution is -2.54. The number of carbonyl (C=O) groups is 4. The van der Waals surface area contributed by atoms with Crippen molar-refractivity contribution in [3.05, 3.63) is 84.3 Å². The monoisotopic (exact) mass is 758 g/mol. The Labute approximate surface area is 324 Å². The Bertz CT molecular complexity index is 2240. The van der Waals surface area contributed by atoms with Gasteiger partial charge in [0.15, 0.2) is 0 Å². The molecule has 3 fully saturated rings. The zero-order valence-electron chi connectivity index (χ0n) is 31.2. The molecule has 290 valence electrons. The predicted molar refractivity (Wildman–Crippen MR) is 209 cm³/mol. The number of piperidine rings is 2. The van der Waals surface area contributed by atoms with E-state index in [2.05, 4.69) is 49.4 Å². The van der Waals surface area contributed by atoms with Crippen molar-refractivity contribution in [2.45, 2.75) is 82.5 Å². The molecule has 5 aromatic rings. The van der Waals surface area contributed by atoms with E-state index in [1.807, 2.05) is 30.7 Å². The number of likely N-dealkylation sites (tertiary alicyclic amines) is 1. The number of fused-ring (bicyclic) bond motifs is 4. The normalized spacial score (nSPS) is 19.1. The molecule has 0 bridgehead atoms. The van der Waals surface area contributed by atoms with Crippen LogP contribution in [0.2, 0.25) is 0 Å². The van der Waals surface area contributed by atoms with Gasteiger partial charge in [-0.3, -0.25) is 34.4 Å². The van der Waals surface area contributed by atoms with Crippen LogP contribution in [0.5, 0.6) is 11.6 Å². The Hall–Kier alpha value is -5.66. The molecule has 3 aliphatic heterocycles. The van der Waals surface area contributed by atoms with E-state index in [0.717, 1.165) is 103 Å². The molecule has 3 N–H and O–H groups in total. The van der Waals surface area contributed by atoms with E-state index in [-0.39, 0.29) is 30.1 Å². The number of benzene rings is 2. The van der Waals surface area contributed by atoms with Crippen LogP contribution < -0.4 is 14.8 Å². The predicted octanol–water partition coefficient (Wildman–Crippen LogP) is 5.80. The van der Waals surface area contributed by atoms with Crippen molar-refractivity contribution >= 4 is 45.4 Å². The van der Waals surface area contributed by atoms with E-state index >= 15 is 0 Å². The highest BCUT2D eigenvalue weighted by Gasteiger charge is 2.44. The summed E-state index contributed by atoms with van der Waals surface area (Å²) in [4.78, 5) is 64.5. The fourth-order valence-corrected chi connectivity index (χ4v) is 7.69. The summed E-state index contributed by atoms with van der Waals surface area (Å²) in [5.41, 5.74) is 4.94. The van der Waals surface area contributed by atoms with E-state index in [9.17, 15) is 24.3 Å². The second-order valence-corrected chi connectivity index (χ2v) is 15.0. The molecular weight excluding hydrogens is 713 g/mol. The molecule has 9 rings (SSSR count). The maximum atomic E-state index is 12.8. The molecule has 1 aliphatic carbocycles. The topological polar surface area (TPSA) is 167 Å². The van der Waals surface area contributed by atoms with Crippen LogP contribution in [0.15, 0.2) is 73.2 Å². The Morgan fingerprint density at radius 1 is 0.786 bits per heavy atom. The number of carbonyl (C=O) groups excluding carboxylic acids is 4. The number of aliphatic hydroxyl groups is 1. The summed E-state index contributed by atoms with van der Waals surface area (Å²) in [6.07, 6.45) is 14.3. The van der Waals surface area contributed by atoms with Crippen LogP contribution in [0.4, 0.5) is 0 Å². The van der Waals surface area contributed by atoms with Gasteiger partial charge in [-0.05, 0) is 106 Å². The van der Waals surface area contributed by atoms with Crippen molar-refractivity contribution in [3.8, 4) is 22.8 Å². The number of aromatic amines is 1. The molecule has 6 heterocycles. The fraction of sp³-hybridized carbons (Fsp3) is 0.395. The van der Waals surface area contributed by atoms with Crippen molar-refractivity contribution in [3.63, 3.8) is 0 Å². The molecule has 56 heavy (non-hydrogen) atoms. The van der Waals surface area contributed by atoms with Crippen LogP contribution in [0.25, 0.3) is 32.9 Å². The second kappa shape index (κ2) is 16.6. The van der Waals surface area contributed by atoms with E-state index < -0.39 is 29.7 Å². The van der Waals surface area contributed by atoms with E-state index in [1.165, 1.54) is 11.8 Å². The number of unbranched alkanes of at least 4 members (excludes halogenated alkanes) is 2. The van der Waals surface area contributed by atoms with Crippen LogP contribution in [0.1, 0.15) is 84.9 Å². The summed E-state index contributed by atoms with van der Waals surface area (Å²) in [6.45, 7) is 3.44. The number of H-pyrrole nitrogens is 1. The number of hydrogen-bond donors (Lipinski definition) is 3. The summed E-state index contributed by atoms with van der Waals surface area (Å²) in [5.74, 6) is -0.824. The van der Waals surface area contributed by atoms with Gasteiger partial charge >= 0.3 is 0 Å². The zero-order valence-corrected chi connectivity index (χ0v) is 31.2. The van der Waals surface area contributed by atoms with Gasteiger partial charge in [0.25, 0.3) is 11.8 Å². The standard InChI is InChI=1S/C23H29N3O6.C20H17N3O/c27-15-8-11-25(12-9-15)10-2-1-3-13-32-16-4-5-17-18(14-16)23(31)26(22(17)30)19-6-7-20(28)24-21(19)29;1-2-15(3-1)24-20-7-5-14(11-22-20)13-4-6-16-17-12-21-9-8-18(17)23-19(16)10-13/h4-5,14-15,19,27H,1-3,6-13H2,(H,24,28,29);4-12,15,23H,1-3H2. The van der Waals surface area contributed by atoms with Gasteiger partial charge in [-0.1, -0.05) is 12.1 Å². The molecule has 0 spiro atoms. The number of aromatic nitrogens is 3. The summed E-state index contributed by atoms with van der Waals surface area (Å²) >= 11 is 0. The van der Waals surface area contributed by atoms with E-state index in [4.69, 9.17) is 9.47 Å². The lowest BCUT2D eigenvalue weighted by Gasteiger charge is -2.29. The highest BCUT2D eigenvalue weighted by Crippen LogP contribution is 2.32. The van der Waals surface area contributed by atoms with Crippen LogP contribution in [-0.4, -0.2) is 98.0 Å². The van der Waals surface area contributed by atoms with Crippen LogP contribution in [0.3, 0.4) is 0 Å². The number of rotatable bonds is 11. The van der Waals surface area contributed by atoms with Gasteiger partial charge in [-0.25, -0.2) is 4.98 Å². The first-order valence-electron chi connectivity index (χ1n) is 19.7. The number of aliphatic hydroxyl groups excluding tert-OH is 1. The lowest BCUT2D eigenvalue weighted by molar-refractivity contribution is -0.136. The zero-order chi connectivity index (χ0) is 38.6. The SMILES string of the molecule is O=C1CCC(N2C(=O)c3ccc(OCCCCCN4CCC(O)CC4)cc3C2=O)C(=O)N1.c1cc2[nH]c3cc(-c4ccc(OC5CCC5)nc4)ccc3c2cn1. The molecule has 1 saturated carbocycles. The van der Waals surface area contributed by atoms with Gasteiger partial charge in [-0.15, -0.1) is 0 Å². The third-order valence-corrected chi connectivity index (χ3v) is 11.2. The molecule has 1 unspecified atom stereocenters. The Balaban J connectivity index is 0.000000163. The average Bonchev–Trinajstić information content (AvgIpc) is 3.68. The van der Waals surface area contributed by atoms with Crippen LogP contribution in [0, 0.1) is 0 Å². The molecule has 2 aromatic carbocycles. The molecule has 4 amide bonds. The molecule has 1 atom stereocenters. The number of nitrogens with one attached hydrogen (secondary N) is 2. The molecule has 2 saturated heterocycles. The van der Waals surface area contributed by atoms with Gasteiger partial charge in [-0.2, -0.15) is 0 Å². The lowest BCUT2D eigenvalue weighted by atomic mass is 9.96. The molecule has 3 aromatic heterocycles. The van der Waals surface area contributed by atoms with Crippen LogP contribution in [-0.2, 0) is 9.59 Å². The highest BCUT2D eigenvalue weighted by molar-refractivity contribution is 6.23. The summed E-state index contributed by atoms with van der Waals surface area (Å²) in [7, 11) is 0. The molecule has 13 nitrogen and oxygen atoms in total. The first-order valence-corrected chi connectivity index (χ1v) is 19.7. The van der Waals surface area contributed by atoms with Gasteiger partial charge in [0.2, 0.25) is 17.7 Å². The minimum atomic E-state index is -0.965. The third kappa shape index (κ3) is 8.14. The number of hydrogen-bond acceptors (Lipinski definition) is 10. The van der Waals surface area contributed by atoms with Gasteiger partial charge < -0.3 is 24.5 Å². The number of pyridine rings is 2. The first-order chi connectivity index (χ1) is 27.3. The molecular formula is C43H46N6O7. The van der Waals surface area contributed by atoms with Gasteiger partial charge in [0.1, 0.15) is 17.9 Å². The fourth-order valence-electron chi connectivity index (χ4n) is 7.69. The number of amides is 4. The van der Waals surface area contributed by atoms with E-state index in [1.54, 1.807) is 18.2 Å². The van der Waals surface area contributed by atoms with Crippen molar-refractivity contribution < 1.29 is 33.8 Å². The summed E-state index contributed by atoms with van der Waals surface area (Å²) < 4.78 is 11.6. The maximum absolute atomic E-state index is 12.8. The smallest absolute Gasteiger partial charge is 0.262 e. The quantitative estimate of drug-likeness (QED) is 0.111. The van der Waals surface area contributed by atoms with Crippen molar-refractivity contribution in [2.75, 3.05) is 26.2 Å². The average molecular weight is 759 g/mol. The van der Waals surface area contributed by atoms with Crippen molar-refractivity contribution in [1.82, 2.24) is 30.1 Å². The van der Waals surface area contributed by atoms with Gasteiger partial charge in [0, 0.05) is 71.5 Å². The first kappa shape index (κ1) is 37.3. The Kier molecular flexibility index (Phi) is 11.0. The Morgan fingerprint density at radius 3 is 2.38 bits per heavy atom.